The number of pyridine rings is 1. The predicted octanol–water partition coefficient (Wildman–Crippen LogP) is 3.02. The highest BCUT2D eigenvalue weighted by Crippen LogP contribution is 2.20. The van der Waals surface area contributed by atoms with E-state index in [2.05, 4.69) is 21.5 Å². The highest BCUT2D eigenvalue weighted by atomic mass is 32.2. The summed E-state index contributed by atoms with van der Waals surface area (Å²) in [4.78, 5) is 16.5. The van der Waals surface area contributed by atoms with Crippen LogP contribution in [0.25, 0.3) is 11.0 Å². The number of hydrogen-bond donors (Lipinski definition) is 1. The quantitative estimate of drug-likeness (QED) is 0.764. The summed E-state index contributed by atoms with van der Waals surface area (Å²) in [6, 6.07) is 11.4. The van der Waals surface area contributed by atoms with Gasteiger partial charge in [-0.2, -0.15) is 10.4 Å². The van der Waals surface area contributed by atoms with Crippen LogP contribution in [0.4, 0.5) is 5.69 Å². The molecule has 1 N–H and O–H groups in total. The first-order valence-electron chi connectivity index (χ1n) is 7.73. The molecule has 0 aliphatic rings. The number of benzene rings is 1. The number of nitrogens with zero attached hydrogens (tertiary/aromatic N) is 4. The van der Waals surface area contributed by atoms with Crippen LogP contribution in [0.5, 0.6) is 0 Å². The van der Waals surface area contributed by atoms with Gasteiger partial charge in [0.1, 0.15) is 0 Å². The topological polar surface area (TPSA) is 83.6 Å². The molecule has 0 atom stereocenters. The Hall–Kier alpha value is -2.85. The van der Waals surface area contributed by atoms with Crippen molar-refractivity contribution in [3.63, 3.8) is 0 Å². The molecule has 3 rings (SSSR count). The maximum atomic E-state index is 12.1. The lowest BCUT2D eigenvalue weighted by molar-refractivity contribution is -0.113. The second-order valence-corrected chi connectivity index (χ2v) is 6.64. The molecule has 25 heavy (non-hydrogen) atoms. The summed E-state index contributed by atoms with van der Waals surface area (Å²) >= 11 is 1.53. The van der Waals surface area contributed by atoms with Gasteiger partial charge in [0, 0.05) is 18.2 Å². The van der Waals surface area contributed by atoms with E-state index >= 15 is 0 Å². The smallest absolute Gasteiger partial charge is 0.234 e. The molecule has 0 aliphatic carbocycles. The number of carbonyl (C=O) groups is 1. The molecular weight excluding hydrogens is 334 g/mol. The van der Waals surface area contributed by atoms with Crippen molar-refractivity contribution >= 4 is 34.4 Å². The summed E-state index contributed by atoms with van der Waals surface area (Å²) in [5, 5.41) is 16.9. The Morgan fingerprint density at radius 2 is 2.12 bits per heavy atom. The van der Waals surface area contributed by atoms with Gasteiger partial charge in [0.25, 0.3) is 0 Å². The predicted molar refractivity (Wildman–Crippen MR) is 99.2 cm³/mol. The Labute approximate surface area is 149 Å². The van der Waals surface area contributed by atoms with Crippen molar-refractivity contribution < 1.29 is 4.79 Å². The van der Waals surface area contributed by atoms with E-state index in [4.69, 9.17) is 5.26 Å². The molecule has 2 heterocycles. The number of carbonyl (C=O) groups excluding carboxylic acids is 1. The van der Waals surface area contributed by atoms with Crippen molar-refractivity contribution in [2.24, 2.45) is 7.05 Å². The molecule has 126 valence electrons. The number of amides is 1. The molecule has 0 saturated carbocycles. The molecule has 6 nitrogen and oxygen atoms in total. The van der Waals surface area contributed by atoms with E-state index in [1.54, 1.807) is 23.0 Å². The van der Waals surface area contributed by atoms with Crippen molar-refractivity contribution in [2.75, 3.05) is 11.1 Å². The van der Waals surface area contributed by atoms with Gasteiger partial charge in [-0.15, -0.1) is 11.8 Å². The van der Waals surface area contributed by atoms with Crippen molar-refractivity contribution in [3.8, 4) is 6.07 Å². The van der Waals surface area contributed by atoms with Crippen molar-refractivity contribution in [1.82, 2.24) is 14.8 Å². The summed E-state index contributed by atoms with van der Waals surface area (Å²) in [7, 11) is 1.85. The average molecular weight is 351 g/mol. The molecule has 1 aromatic carbocycles. The number of anilines is 1. The zero-order valence-corrected chi connectivity index (χ0v) is 14.8. The normalized spacial score (nSPS) is 10.6. The largest absolute Gasteiger partial charge is 0.324 e. The number of hydrogen-bond acceptors (Lipinski definition) is 5. The Balaban J connectivity index is 1.55. The van der Waals surface area contributed by atoms with E-state index in [1.807, 2.05) is 32.2 Å². The lowest BCUT2D eigenvalue weighted by atomic mass is 10.2. The molecule has 1 amide bonds. The minimum atomic E-state index is -0.0682. The first-order chi connectivity index (χ1) is 12.1. The molecule has 0 saturated heterocycles. The number of nitriles is 1. The molecule has 0 fully saturated rings. The summed E-state index contributed by atoms with van der Waals surface area (Å²) in [5.74, 6) is 1.00. The summed E-state index contributed by atoms with van der Waals surface area (Å²) in [5.41, 5.74) is 4.08. The lowest BCUT2D eigenvalue weighted by Crippen LogP contribution is -2.14. The fraction of sp³-hybridized carbons (Fsp3) is 0.222. The van der Waals surface area contributed by atoms with Crippen molar-refractivity contribution in [3.05, 3.63) is 53.3 Å². The number of aromatic nitrogens is 3. The highest BCUT2D eigenvalue weighted by Gasteiger charge is 2.09. The molecule has 0 bridgehead atoms. The zero-order chi connectivity index (χ0) is 17.8. The number of fused-ring (bicyclic) bond motifs is 1. The van der Waals surface area contributed by atoms with Gasteiger partial charge < -0.3 is 5.32 Å². The third kappa shape index (κ3) is 3.98. The third-order valence-electron chi connectivity index (χ3n) is 3.73. The fourth-order valence-electron chi connectivity index (χ4n) is 2.51. The number of aryl methyl sites for hydroxylation is 2. The Bertz CT molecular complexity index is 956. The number of thioether (sulfide) groups is 1. The van der Waals surface area contributed by atoms with Crippen LogP contribution in [0.2, 0.25) is 0 Å². The number of nitrogens with one attached hydrogen (secondary N) is 1. The summed E-state index contributed by atoms with van der Waals surface area (Å²) < 4.78 is 1.73. The molecule has 0 spiro atoms. The molecule has 0 unspecified atom stereocenters. The van der Waals surface area contributed by atoms with Crippen LogP contribution in [-0.4, -0.2) is 26.4 Å². The van der Waals surface area contributed by atoms with Gasteiger partial charge in [-0.25, -0.2) is 4.98 Å². The van der Waals surface area contributed by atoms with Crippen LogP contribution in [-0.2, 0) is 17.6 Å². The lowest BCUT2D eigenvalue weighted by Gasteiger charge is -2.05. The standard InChI is InChI=1S/C18H17N5OS/c1-12-16-7-15(9-20-18(16)23(2)22-12)21-17(24)11-25-10-14-5-3-13(8-19)4-6-14/h3-7,9H,10-11H2,1-2H3,(H,21,24). The van der Waals surface area contributed by atoms with Gasteiger partial charge in [0.05, 0.1) is 35.0 Å². The molecule has 7 heteroatoms. The first-order valence-corrected chi connectivity index (χ1v) is 8.88. The van der Waals surface area contributed by atoms with Gasteiger partial charge in [-0.1, -0.05) is 12.1 Å². The van der Waals surface area contributed by atoms with Crippen molar-refractivity contribution in [2.45, 2.75) is 12.7 Å². The van der Waals surface area contributed by atoms with Crippen LogP contribution >= 0.6 is 11.8 Å². The maximum Gasteiger partial charge on any atom is 0.234 e. The van der Waals surface area contributed by atoms with Gasteiger partial charge in [0.2, 0.25) is 5.91 Å². The minimum Gasteiger partial charge on any atom is -0.324 e. The second-order valence-electron chi connectivity index (χ2n) is 5.65. The van der Waals surface area contributed by atoms with Crippen molar-refractivity contribution in [1.29, 1.82) is 5.26 Å². The van der Waals surface area contributed by atoms with E-state index < -0.39 is 0 Å². The molecule has 0 aliphatic heterocycles. The monoisotopic (exact) mass is 351 g/mol. The fourth-order valence-corrected chi connectivity index (χ4v) is 3.30. The third-order valence-corrected chi connectivity index (χ3v) is 4.74. The van der Waals surface area contributed by atoms with Crippen LogP contribution in [0.1, 0.15) is 16.8 Å². The van der Waals surface area contributed by atoms with E-state index in [9.17, 15) is 4.79 Å². The van der Waals surface area contributed by atoms with E-state index in [-0.39, 0.29) is 5.91 Å². The average Bonchev–Trinajstić information content (AvgIpc) is 2.89. The van der Waals surface area contributed by atoms with Gasteiger partial charge >= 0.3 is 0 Å². The highest BCUT2D eigenvalue weighted by molar-refractivity contribution is 7.99. The molecule has 3 aromatic rings. The van der Waals surface area contributed by atoms with Crippen LogP contribution in [0.3, 0.4) is 0 Å². The minimum absolute atomic E-state index is 0.0682. The van der Waals surface area contributed by atoms with Gasteiger partial charge in [-0.05, 0) is 30.7 Å². The van der Waals surface area contributed by atoms with E-state index in [0.29, 0.717) is 17.0 Å². The van der Waals surface area contributed by atoms with Gasteiger partial charge in [0.15, 0.2) is 5.65 Å². The SMILES string of the molecule is Cc1nn(C)c2ncc(NC(=O)CSCc3ccc(C#N)cc3)cc12. The number of rotatable bonds is 5. The van der Waals surface area contributed by atoms with Crippen LogP contribution in [0, 0.1) is 18.3 Å². The van der Waals surface area contributed by atoms with Gasteiger partial charge in [-0.3, -0.25) is 9.48 Å². The maximum absolute atomic E-state index is 12.1. The Morgan fingerprint density at radius 1 is 1.36 bits per heavy atom. The molecular formula is C18H17N5OS. The van der Waals surface area contributed by atoms with Crippen LogP contribution < -0.4 is 5.32 Å². The molecule has 0 radical (unpaired) electrons. The first kappa shape index (κ1) is 17.0. The summed E-state index contributed by atoms with van der Waals surface area (Å²) in [6.07, 6.45) is 1.65. The Morgan fingerprint density at radius 3 is 2.84 bits per heavy atom. The van der Waals surface area contributed by atoms with E-state index in [1.165, 1.54) is 11.8 Å². The summed E-state index contributed by atoms with van der Waals surface area (Å²) in [6.45, 7) is 1.92. The zero-order valence-electron chi connectivity index (χ0n) is 14.0. The van der Waals surface area contributed by atoms with E-state index in [0.717, 1.165) is 28.0 Å². The van der Waals surface area contributed by atoms with Crippen LogP contribution in [0.15, 0.2) is 36.5 Å². The second kappa shape index (κ2) is 7.36. The molecule has 2 aromatic heterocycles. The Kier molecular flexibility index (Phi) is 5.00.